The number of halogens is 1. The molecule has 1 N–H and O–H groups in total. The number of alkyl halides is 1. The van der Waals surface area contributed by atoms with E-state index in [-0.39, 0.29) is 92.9 Å². The van der Waals surface area contributed by atoms with Gasteiger partial charge in [0, 0.05) is 24.7 Å². The zero-order valence-electron chi connectivity index (χ0n) is 50.6. The molecule has 74 heavy (non-hydrogen) atoms. The number of rotatable bonds is 6. The average Bonchev–Trinajstić information content (AvgIpc) is 3.08. The van der Waals surface area contributed by atoms with Gasteiger partial charge in [-0.25, -0.2) is 0 Å². The largest absolute Gasteiger partial charge is 0.481 e. The maximum absolute atomic E-state index is 11.6. The summed E-state index contributed by atoms with van der Waals surface area (Å²) >= 11 is 3.24. The number of hydrogen-bond donors (Lipinski definition) is 1. The zero-order valence-corrected chi connectivity index (χ0v) is 52.2. The number of allylic oxidation sites excluding steroid dienone is 4. The Morgan fingerprint density at radius 2 is 0.757 bits per heavy atom. The van der Waals surface area contributed by atoms with Crippen LogP contribution in [0.4, 0.5) is 0 Å². The molecule has 5 heterocycles. The van der Waals surface area contributed by atoms with E-state index in [2.05, 4.69) is 105 Å². The summed E-state index contributed by atoms with van der Waals surface area (Å²) in [6.45, 7) is 49.7. The minimum atomic E-state index is -0.704. The van der Waals surface area contributed by atoms with Crippen molar-refractivity contribution in [3.05, 3.63) is 23.3 Å². The van der Waals surface area contributed by atoms with E-state index in [0.717, 1.165) is 49.7 Å². The maximum Gasteiger partial charge on any atom is 0.306 e. The second-order valence-corrected chi connectivity index (χ2v) is 28.5. The highest BCUT2D eigenvalue weighted by molar-refractivity contribution is 9.09. The van der Waals surface area contributed by atoms with E-state index in [4.69, 9.17) is 34.1 Å². The second kappa shape index (κ2) is 28.3. The first kappa shape index (κ1) is 73.5. The number of ether oxygens (including phenoxy) is 5. The van der Waals surface area contributed by atoms with E-state index in [1.165, 1.54) is 0 Å². The van der Waals surface area contributed by atoms with Gasteiger partial charge in [0.15, 0.2) is 5.78 Å². The molecule has 430 valence electrons. The van der Waals surface area contributed by atoms with Gasteiger partial charge >= 0.3 is 5.97 Å². The lowest BCUT2D eigenvalue weighted by molar-refractivity contribution is -0.185. The van der Waals surface area contributed by atoms with Crippen LogP contribution in [-0.4, -0.2) is 95.5 Å². The lowest BCUT2D eigenvalue weighted by Crippen LogP contribution is -2.47. The summed E-state index contributed by atoms with van der Waals surface area (Å²) in [5.74, 6) is 0.504. The molecule has 12 nitrogen and oxygen atoms in total. The summed E-state index contributed by atoms with van der Waals surface area (Å²) in [5, 5.41) is 18.3. The highest BCUT2D eigenvalue weighted by atomic mass is 79.9. The fourth-order valence-corrected chi connectivity index (χ4v) is 12.2. The lowest BCUT2D eigenvalue weighted by Gasteiger charge is -2.44. The van der Waals surface area contributed by atoms with Crippen molar-refractivity contribution in [2.75, 3.05) is 5.33 Å². The predicted octanol–water partition coefficient (Wildman–Crippen LogP) is 15.1. The smallest absolute Gasteiger partial charge is 0.306 e. The summed E-state index contributed by atoms with van der Waals surface area (Å²) in [5.41, 5.74) is -0.00704. The van der Waals surface area contributed by atoms with Crippen molar-refractivity contribution >= 4 is 45.0 Å². The molecule has 0 aliphatic carbocycles. The first-order valence-electron chi connectivity index (χ1n) is 26.4. The van der Waals surface area contributed by atoms with Crippen molar-refractivity contribution < 1.29 is 52.8 Å². The molecule has 5 aliphatic heterocycles. The quantitative estimate of drug-likeness (QED) is 0.197. The van der Waals surface area contributed by atoms with Crippen LogP contribution in [0.3, 0.4) is 0 Å². The molecule has 5 aliphatic rings. The van der Waals surface area contributed by atoms with Gasteiger partial charge in [-0.3, -0.25) is 24.0 Å². The Bertz CT molecular complexity index is 1820. The van der Waals surface area contributed by atoms with Crippen LogP contribution in [0, 0.1) is 35.0 Å². The summed E-state index contributed by atoms with van der Waals surface area (Å²) in [6, 6.07) is 2.34. The Hall–Kier alpha value is -2.60. The van der Waals surface area contributed by atoms with Crippen molar-refractivity contribution in [2.45, 2.75) is 301 Å². The summed E-state index contributed by atoms with van der Waals surface area (Å²) in [6.07, 6.45) is 10.7. The van der Waals surface area contributed by atoms with Crippen LogP contribution in [0.25, 0.3) is 0 Å². The average molecular weight is 1110 g/mol. The van der Waals surface area contributed by atoms with E-state index in [9.17, 15) is 24.0 Å². The van der Waals surface area contributed by atoms with Gasteiger partial charge < -0.3 is 28.8 Å². The number of carboxylic acid groups (broad SMARTS) is 1. The minimum Gasteiger partial charge on any atom is -0.481 e. The molecular formula is C61H108BrNO11. The van der Waals surface area contributed by atoms with E-state index in [1.807, 2.05) is 83.1 Å². The van der Waals surface area contributed by atoms with E-state index in [0.29, 0.717) is 48.4 Å². The van der Waals surface area contributed by atoms with Gasteiger partial charge in [-0.2, -0.15) is 5.26 Å². The number of hydrogen-bond acceptors (Lipinski definition) is 11. The van der Waals surface area contributed by atoms with Gasteiger partial charge in [0.25, 0.3) is 0 Å². The van der Waals surface area contributed by atoms with Crippen LogP contribution in [0.1, 0.15) is 245 Å². The van der Waals surface area contributed by atoms with Crippen LogP contribution >= 0.6 is 15.9 Å². The number of carbonyl (C=O) groups excluding carboxylic acids is 4. The third-order valence-corrected chi connectivity index (χ3v) is 13.0. The molecule has 0 aromatic heterocycles. The Morgan fingerprint density at radius 3 is 0.986 bits per heavy atom. The molecule has 5 saturated heterocycles. The van der Waals surface area contributed by atoms with Crippen LogP contribution in [-0.2, 0) is 47.7 Å². The van der Waals surface area contributed by atoms with Gasteiger partial charge in [-0.15, -0.1) is 0 Å². The van der Waals surface area contributed by atoms with Gasteiger partial charge in [0.1, 0.15) is 17.3 Å². The molecule has 0 aromatic rings. The molecule has 0 aromatic carbocycles. The molecule has 5 rings (SSSR count). The van der Waals surface area contributed by atoms with Crippen molar-refractivity contribution in [1.29, 1.82) is 5.26 Å². The lowest BCUT2D eigenvalue weighted by atomic mass is 9.79. The molecule has 0 unspecified atom stereocenters. The molecule has 0 atom stereocenters. The van der Waals surface area contributed by atoms with Gasteiger partial charge in [-0.05, 0) is 237 Å². The number of nitrogens with zero attached hydrogens (tertiary/aromatic N) is 1. The van der Waals surface area contributed by atoms with Crippen molar-refractivity contribution in [2.24, 2.45) is 23.7 Å². The van der Waals surface area contributed by atoms with Crippen molar-refractivity contribution in [1.82, 2.24) is 0 Å². The van der Waals surface area contributed by atoms with Gasteiger partial charge in [0.2, 0.25) is 0 Å². The van der Waals surface area contributed by atoms with Crippen LogP contribution in [0.5, 0.6) is 0 Å². The first-order chi connectivity index (χ1) is 32.4. The minimum absolute atomic E-state index is 0. The van der Waals surface area contributed by atoms with Crippen LogP contribution in [0.2, 0.25) is 0 Å². The van der Waals surface area contributed by atoms with Gasteiger partial charge in [0.05, 0.1) is 79.2 Å². The number of ketones is 4. The molecular weight excluding hydrogens is 1000 g/mol. The molecule has 0 radical (unpaired) electrons. The zero-order chi connectivity index (χ0) is 57.8. The fraction of sp³-hybridized carbons (Fsp3) is 0.836. The summed E-state index contributed by atoms with van der Waals surface area (Å²) in [7, 11) is 0. The van der Waals surface area contributed by atoms with Crippen molar-refractivity contribution in [3.8, 4) is 6.07 Å². The Kier molecular flexibility index (Phi) is 28.1. The molecule has 0 amide bonds. The van der Waals surface area contributed by atoms with Crippen LogP contribution < -0.4 is 0 Å². The topological polar surface area (TPSA) is 176 Å². The third kappa shape index (κ3) is 31.6. The monoisotopic (exact) mass is 1110 g/mol. The predicted molar refractivity (Wildman–Crippen MR) is 305 cm³/mol. The molecule has 0 saturated carbocycles. The Balaban J connectivity index is 0. The highest BCUT2D eigenvalue weighted by Crippen LogP contribution is 2.42. The number of aliphatic carboxylic acids is 1. The number of nitriles is 1. The molecule has 0 spiro atoms. The first-order valence-corrected chi connectivity index (χ1v) is 27.6. The number of carboxylic acids is 1. The fourth-order valence-electron chi connectivity index (χ4n) is 11.7. The molecule has 13 heteroatoms. The standard InChI is InChI=1S/C11H19BrO2.C11H20O2.C10H17NO.C10H18O3.C9H16O2.C9H14O.CH4/c1-10(2)5-8(9(13)7-12)6-11(3,4)14-10;1-8(12)9-6-10(2,3)13-11(4,5)7-9;1-9(2)5-8(7-11)6-10(3,4)12-9;1-9(2)5-7(8(11)12)6-10(3,4)13-9;1-8(2)5-7(10)6-9(3,4)11-8;1-7(2)5-9(10)6-8(3)4;/h8H,5-7H2,1-4H3;9H,6-7H2,1-5H3;8H,5-6H2,1-4H3;7H,5-6H2,1-4H3,(H,11,12);5-6H2,1-4H3;5-6H,1-4H3;1H4. The van der Waals surface area contributed by atoms with E-state index < -0.39 is 5.97 Å². The normalized spacial score (nSPS) is 24.4. The van der Waals surface area contributed by atoms with Gasteiger partial charge in [-0.1, -0.05) is 34.5 Å². The highest BCUT2D eigenvalue weighted by Gasteiger charge is 2.44. The van der Waals surface area contributed by atoms with Crippen LogP contribution in [0.15, 0.2) is 23.3 Å². The van der Waals surface area contributed by atoms with E-state index in [1.54, 1.807) is 19.1 Å². The van der Waals surface area contributed by atoms with E-state index >= 15 is 0 Å². The number of Topliss-reactive ketones (excluding diaryl/α,β-unsaturated/α-hetero) is 3. The molecule has 0 bridgehead atoms. The third-order valence-electron chi connectivity index (χ3n) is 12.5. The molecule has 5 fully saturated rings. The number of carbonyl (C=O) groups is 5. The maximum atomic E-state index is 11.6. The summed E-state index contributed by atoms with van der Waals surface area (Å²) in [4.78, 5) is 56.0. The Morgan fingerprint density at radius 1 is 0.500 bits per heavy atom. The SMILES string of the molecule is C.CC(=O)C1CC(C)(C)OC(C)(C)C1.CC(C)=CC(=O)C=C(C)C.CC1(C)CC(=O)CC(C)(C)O1.CC1(C)CC(C#N)CC(C)(C)O1.CC1(C)CC(C(=O)CBr)CC(C)(C)O1.CC1(C)CC(C(=O)O)CC(C)(C)O1. The second-order valence-electron chi connectivity index (χ2n) is 27.9. The summed E-state index contributed by atoms with van der Waals surface area (Å²) < 4.78 is 29.1. The Labute approximate surface area is 460 Å². The van der Waals surface area contributed by atoms with Crippen molar-refractivity contribution in [3.63, 3.8) is 0 Å².